The number of rotatable bonds is 5. The van der Waals surface area contributed by atoms with E-state index < -0.39 is 17.0 Å². The van der Waals surface area contributed by atoms with Crippen LogP contribution in [0.3, 0.4) is 0 Å². The SMILES string of the molecule is COc1cc(C(C)OC(=O)C(C)C)c([N+](=O)[O-])cc1C. The number of ether oxygens (including phenoxy) is 2. The summed E-state index contributed by atoms with van der Waals surface area (Å²) in [4.78, 5) is 22.2. The zero-order chi connectivity index (χ0) is 15.4. The van der Waals surface area contributed by atoms with Crippen LogP contribution in [0.2, 0.25) is 0 Å². The number of aryl methyl sites for hydroxylation is 1. The van der Waals surface area contributed by atoms with Crippen molar-refractivity contribution in [2.24, 2.45) is 5.92 Å². The maximum absolute atomic E-state index is 11.6. The maximum atomic E-state index is 11.6. The van der Waals surface area contributed by atoms with Crippen LogP contribution in [0.1, 0.15) is 38.0 Å². The van der Waals surface area contributed by atoms with Gasteiger partial charge < -0.3 is 9.47 Å². The third kappa shape index (κ3) is 3.46. The van der Waals surface area contributed by atoms with Crippen molar-refractivity contribution in [2.75, 3.05) is 7.11 Å². The van der Waals surface area contributed by atoms with E-state index in [2.05, 4.69) is 0 Å². The Labute approximate surface area is 117 Å². The molecule has 20 heavy (non-hydrogen) atoms. The summed E-state index contributed by atoms with van der Waals surface area (Å²) in [5.74, 6) is -0.159. The third-order valence-corrected chi connectivity index (χ3v) is 2.94. The van der Waals surface area contributed by atoms with Crippen molar-refractivity contribution >= 4 is 11.7 Å². The molecule has 0 radical (unpaired) electrons. The summed E-state index contributed by atoms with van der Waals surface area (Å²) >= 11 is 0. The lowest BCUT2D eigenvalue weighted by atomic mass is 10.0. The van der Waals surface area contributed by atoms with Crippen LogP contribution in [0.25, 0.3) is 0 Å². The normalized spacial score (nSPS) is 12.1. The molecule has 0 aromatic heterocycles. The van der Waals surface area contributed by atoms with Crippen LogP contribution in [0, 0.1) is 23.0 Å². The molecule has 0 saturated heterocycles. The maximum Gasteiger partial charge on any atom is 0.308 e. The molecular weight excluding hydrogens is 262 g/mol. The first kappa shape index (κ1) is 15.9. The number of methoxy groups -OCH3 is 1. The Hall–Kier alpha value is -2.11. The summed E-state index contributed by atoms with van der Waals surface area (Å²) in [7, 11) is 1.49. The van der Waals surface area contributed by atoms with Gasteiger partial charge in [0.05, 0.1) is 23.5 Å². The number of benzene rings is 1. The van der Waals surface area contributed by atoms with E-state index in [0.717, 1.165) is 0 Å². The molecule has 6 heteroatoms. The molecule has 0 aliphatic heterocycles. The Balaban J connectivity index is 3.20. The van der Waals surface area contributed by atoms with Gasteiger partial charge in [0, 0.05) is 6.07 Å². The number of hydrogen-bond acceptors (Lipinski definition) is 5. The topological polar surface area (TPSA) is 78.7 Å². The van der Waals surface area contributed by atoms with E-state index in [1.165, 1.54) is 13.2 Å². The zero-order valence-corrected chi connectivity index (χ0v) is 12.3. The summed E-state index contributed by atoms with van der Waals surface area (Å²) in [5, 5.41) is 11.1. The minimum absolute atomic E-state index is 0.0765. The van der Waals surface area contributed by atoms with Gasteiger partial charge in [-0.05, 0) is 25.5 Å². The highest BCUT2D eigenvalue weighted by molar-refractivity contribution is 5.72. The molecule has 0 fully saturated rings. The molecule has 1 rings (SSSR count). The molecule has 1 aromatic rings. The molecule has 6 nitrogen and oxygen atoms in total. The predicted molar refractivity (Wildman–Crippen MR) is 73.7 cm³/mol. The Morgan fingerprint density at radius 2 is 1.90 bits per heavy atom. The average molecular weight is 281 g/mol. The molecular formula is C14H19NO5. The van der Waals surface area contributed by atoms with Crippen LogP contribution in [0.15, 0.2) is 12.1 Å². The Morgan fingerprint density at radius 1 is 1.30 bits per heavy atom. The highest BCUT2D eigenvalue weighted by Crippen LogP contribution is 2.34. The van der Waals surface area contributed by atoms with Crippen molar-refractivity contribution in [3.05, 3.63) is 33.4 Å². The first-order valence-electron chi connectivity index (χ1n) is 6.31. The van der Waals surface area contributed by atoms with Crippen molar-refractivity contribution < 1.29 is 19.2 Å². The van der Waals surface area contributed by atoms with Crippen LogP contribution in [0.5, 0.6) is 5.75 Å². The number of carbonyl (C=O) groups excluding carboxylic acids is 1. The first-order chi connectivity index (χ1) is 9.27. The van der Waals surface area contributed by atoms with Gasteiger partial charge in [0.2, 0.25) is 0 Å². The highest BCUT2D eigenvalue weighted by Gasteiger charge is 2.24. The molecule has 0 heterocycles. The minimum atomic E-state index is -0.709. The monoisotopic (exact) mass is 281 g/mol. The van der Waals surface area contributed by atoms with Gasteiger partial charge in [0.15, 0.2) is 0 Å². The van der Waals surface area contributed by atoms with Crippen molar-refractivity contribution in [2.45, 2.75) is 33.8 Å². The number of esters is 1. The lowest BCUT2D eigenvalue weighted by Gasteiger charge is -2.17. The molecule has 0 aliphatic rings. The summed E-state index contributed by atoms with van der Waals surface area (Å²) in [6, 6.07) is 2.97. The number of nitro benzene ring substituents is 1. The van der Waals surface area contributed by atoms with E-state index >= 15 is 0 Å². The average Bonchev–Trinajstić information content (AvgIpc) is 2.37. The van der Waals surface area contributed by atoms with Crippen molar-refractivity contribution in [1.29, 1.82) is 0 Å². The fraction of sp³-hybridized carbons (Fsp3) is 0.500. The van der Waals surface area contributed by atoms with E-state index in [1.54, 1.807) is 33.8 Å². The summed E-state index contributed by atoms with van der Waals surface area (Å²) in [6.07, 6.45) is -0.709. The van der Waals surface area contributed by atoms with E-state index in [9.17, 15) is 14.9 Å². The van der Waals surface area contributed by atoms with Gasteiger partial charge in [-0.3, -0.25) is 14.9 Å². The standard InChI is InChI=1S/C14H19NO5/c1-8(2)14(16)20-10(4)11-7-13(19-5)9(3)6-12(11)15(17)18/h6-8,10H,1-5H3. The van der Waals surface area contributed by atoms with E-state index in [1.807, 2.05) is 0 Å². The smallest absolute Gasteiger partial charge is 0.308 e. The van der Waals surface area contributed by atoms with E-state index in [0.29, 0.717) is 16.9 Å². The second-order valence-corrected chi connectivity index (χ2v) is 4.87. The van der Waals surface area contributed by atoms with Gasteiger partial charge in [-0.2, -0.15) is 0 Å². The molecule has 1 atom stereocenters. The molecule has 0 amide bonds. The second-order valence-electron chi connectivity index (χ2n) is 4.87. The Bertz CT molecular complexity index is 525. The molecule has 110 valence electrons. The van der Waals surface area contributed by atoms with Gasteiger partial charge >= 0.3 is 5.97 Å². The van der Waals surface area contributed by atoms with Crippen LogP contribution >= 0.6 is 0 Å². The molecule has 0 bridgehead atoms. The van der Waals surface area contributed by atoms with Crippen molar-refractivity contribution in [3.8, 4) is 5.75 Å². The lowest BCUT2D eigenvalue weighted by molar-refractivity contribution is -0.386. The van der Waals surface area contributed by atoms with Crippen LogP contribution in [0.4, 0.5) is 5.69 Å². The van der Waals surface area contributed by atoms with Gasteiger partial charge in [-0.25, -0.2) is 0 Å². The van der Waals surface area contributed by atoms with Crippen LogP contribution in [-0.4, -0.2) is 18.0 Å². The summed E-state index contributed by atoms with van der Waals surface area (Å²) in [6.45, 7) is 6.75. The molecule has 0 spiro atoms. The largest absolute Gasteiger partial charge is 0.496 e. The molecule has 0 saturated carbocycles. The third-order valence-electron chi connectivity index (χ3n) is 2.94. The Morgan fingerprint density at radius 3 is 2.35 bits per heavy atom. The van der Waals surface area contributed by atoms with Gasteiger partial charge in [0.25, 0.3) is 5.69 Å². The molecule has 1 aromatic carbocycles. The highest BCUT2D eigenvalue weighted by atomic mass is 16.6. The number of hydrogen-bond donors (Lipinski definition) is 0. The molecule has 0 aliphatic carbocycles. The summed E-state index contributed by atoms with van der Waals surface area (Å²) in [5.41, 5.74) is 0.907. The van der Waals surface area contributed by atoms with E-state index in [-0.39, 0.29) is 11.6 Å². The number of nitro groups is 1. The fourth-order valence-corrected chi connectivity index (χ4v) is 1.77. The van der Waals surface area contributed by atoms with Gasteiger partial charge in [0.1, 0.15) is 11.9 Å². The van der Waals surface area contributed by atoms with Crippen molar-refractivity contribution in [3.63, 3.8) is 0 Å². The van der Waals surface area contributed by atoms with Gasteiger partial charge in [-0.15, -0.1) is 0 Å². The predicted octanol–water partition coefficient (Wildman–Crippen LogP) is 3.17. The quantitative estimate of drug-likeness (QED) is 0.470. The van der Waals surface area contributed by atoms with E-state index in [4.69, 9.17) is 9.47 Å². The first-order valence-corrected chi connectivity index (χ1v) is 6.31. The van der Waals surface area contributed by atoms with Crippen LogP contribution < -0.4 is 4.74 Å². The molecule has 1 unspecified atom stereocenters. The second kappa shape index (κ2) is 6.36. The van der Waals surface area contributed by atoms with Crippen LogP contribution in [-0.2, 0) is 9.53 Å². The Kier molecular flexibility index (Phi) is 5.07. The zero-order valence-electron chi connectivity index (χ0n) is 12.3. The summed E-state index contributed by atoms with van der Waals surface area (Å²) < 4.78 is 10.4. The number of carbonyl (C=O) groups is 1. The number of nitrogens with zero attached hydrogens (tertiary/aromatic N) is 1. The fourth-order valence-electron chi connectivity index (χ4n) is 1.77. The minimum Gasteiger partial charge on any atom is -0.496 e. The lowest BCUT2D eigenvalue weighted by Crippen LogP contribution is -2.15. The van der Waals surface area contributed by atoms with Crippen molar-refractivity contribution in [1.82, 2.24) is 0 Å². The van der Waals surface area contributed by atoms with Gasteiger partial charge in [-0.1, -0.05) is 13.8 Å². The molecule has 0 N–H and O–H groups in total.